The van der Waals surface area contributed by atoms with Crippen molar-refractivity contribution < 1.29 is 4.79 Å². The first-order valence-electron chi connectivity index (χ1n) is 8.33. The Hall–Kier alpha value is -2.29. The van der Waals surface area contributed by atoms with E-state index in [0.717, 1.165) is 25.2 Å². The highest BCUT2D eigenvalue weighted by Crippen LogP contribution is 2.23. The van der Waals surface area contributed by atoms with Crippen LogP contribution in [0.15, 0.2) is 48.5 Å². The molecule has 0 atom stereocenters. The van der Waals surface area contributed by atoms with Crippen LogP contribution in [0.2, 0.25) is 0 Å². The molecule has 122 valence electrons. The number of benzene rings is 2. The number of nitrogens with one attached hydrogen (secondary N) is 1. The third-order valence-corrected chi connectivity index (χ3v) is 4.07. The van der Waals surface area contributed by atoms with Crippen molar-refractivity contribution in [1.29, 1.82) is 0 Å². The molecule has 0 heterocycles. The third kappa shape index (κ3) is 4.85. The summed E-state index contributed by atoms with van der Waals surface area (Å²) in [7, 11) is 0. The van der Waals surface area contributed by atoms with Gasteiger partial charge in [-0.2, -0.15) is 0 Å². The van der Waals surface area contributed by atoms with Crippen molar-refractivity contribution in [1.82, 2.24) is 0 Å². The van der Waals surface area contributed by atoms with Crippen molar-refractivity contribution in [2.45, 2.75) is 33.6 Å². The highest BCUT2D eigenvalue weighted by atomic mass is 16.1. The molecule has 3 heteroatoms. The molecule has 0 saturated heterocycles. The summed E-state index contributed by atoms with van der Waals surface area (Å²) in [6, 6.07) is 16.2. The Kier molecular flexibility index (Phi) is 6.21. The fourth-order valence-electron chi connectivity index (χ4n) is 2.78. The molecule has 1 N–H and O–H groups in total. The van der Waals surface area contributed by atoms with Crippen molar-refractivity contribution in [2.75, 3.05) is 23.3 Å². The van der Waals surface area contributed by atoms with E-state index >= 15 is 0 Å². The standard InChI is InChI=1S/C20H26N2O/c1-4-22(5-2)19-13-12-18(15-16(19)3)21-20(23)14-11-17-9-7-6-8-10-17/h6-10,12-13,15H,4-5,11,14H2,1-3H3,(H,21,23). The Balaban J connectivity index is 1.94. The molecule has 0 saturated carbocycles. The Bertz CT molecular complexity index is 633. The second-order valence-electron chi connectivity index (χ2n) is 5.71. The number of hydrogen-bond donors (Lipinski definition) is 1. The van der Waals surface area contributed by atoms with Crippen LogP contribution in [0.3, 0.4) is 0 Å². The summed E-state index contributed by atoms with van der Waals surface area (Å²) in [4.78, 5) is 14.4. The average molecular weight is 310 g/mol. The van der Waals surface area contributed by atoms with Gasteiger partial charge in [0.05, 0.1) is 0 Å². The van der Waals surface area contributed by atoms with Gasteiger partial charge in [0.2, 0.25) is 5.91 Å². The van der Waals surface area contributed by atoms with E-state index in [1.54, 1.807) is 0 Å². The lowest BCUT2D eigenvalue weighted by Crippen LogP contribution is -2.22. The number of aryl methyl sites for hydroxylation is 2. The minimum Gasteiger partial charge on any atom is -0.372 e. The highest BCUT2D eigenvalue weighted by Gasteiger charge is 2.08. The van der Waals surface area contributed by atoms with E-state index < -0.39 is 0 Å². The van der Waals surface area contributed by atoms with E-state index in [2.05, 4.69) is 49.2 Å². The van der Waals surface area contributed by atoms with Gasteiger partial charge >= 0.3 is 0 Å². The van der Waals surface area contributed by atoms with Gasteiger partial charge in [-0.1, -0.05) is 30.3 Å². The lowest BCUT2D eigenvalue weighted by molar-refractivity contribution is -0.116. The molecular formula is C20H26N2O. The third-order valence-electron chi connectivity index (χ3n) is 4.07. The summed E-state index contributed by atoms with van der Waals surface area (Å²) in [5.41, 5.74) is 4.49. The molecule has 0 aliphatic heterocycles. The van der Waals surface area contributed by atoms with Crippen LogP contribution in [-0.4, -0.2) is 19.0 Å². The summed E-state index contributed by atoms with van der Waals surface area (Å²) in [5.74, 6) is 0.0591. The van der Waals surface area contributed by atoms with Gasteiger partial charge < -0.3 is 10.2 Å². The Morgan fingerprint density at radius 1 is 1.04 bits per heavy atom. The predicted molar refractivity (Wildman–Crippen MR) is 98.1 cm³/mol. The summed E-state index contributed by atoms with van der Waals surface area (Å²) >= 11 is 0. The molecule has 0 radical (unpaired) electrons. The number of amides is 1. The van der Waals surface area contributed by atoms with Crippen molar-refractivity contribution in [3.63, 3.8) is 0 Å². The Morgan fingerprint density at radius 2 is 1.74 bits per heavy atom. The Morgan fingerprint density at radius 3 is 2.35 bits per heavy atom. The summed E-state index contributed by atoms with van der Waals surface area (Å²) < 4.78 is 0. The monoisotopic (exact) mass is 310 g/mol. The van der Waals surface area contributed by atoms with Gasteiger partial charge in [0.1, 0.15) is 0 Å². The Labute approximate surface area is 139 Å². The average Bonchev–Trinajstić information content (AvgIpc) is 2.57. The molecule has 0 spiro atoms. The molecule has 2 aromatic carbocycles. The quantitative estimate of drug-likeness (QED) is 0.821. The molecule has 3 nitrogen and oxygen atoms in total. The fraction of sp³-hybridized carbons (Fsp3) is 0.350. The van der Waals surface area contributed by atoms with Crippen molar-refractivity contribution in [2.24, 2.45) is 0 Å². The molecule has 0 unspecified atom stereocenters. The molecule has 1 amide bonds. The van der Waals surface area contributed by atoms with E-state index in [1.807, 2.05) is 30.3 Å². The van der Waals surface area contributed by atoms with E-state index in [0.29, 0.717) is 6.42 Å². The maximum absolute atomic E-state index is 12.1. The predicted octanol–water partition coefficient (Wildman–Crippen LogP) is 4.41. The topological polar surface area (TPSA) is 32.3 Å². The minimum absolute atomic E-state index is 0.0591. The molecule has 23 heavy (non-hydrogen) atoms. The van der Waals surface area contributed by atoms with Crippen LogP contribution in [0.4, 0.5) is 11.4 Å². The van der Waals surface area contributed by atoms with Gasteiger partial charge in [-0.05, 0) is 56.5 Å². The van der Waals surface area contributed by atoms with Crippen LogP contribution in [0, 0.1) is 6.92 Å². The van der Waals surface area contributed by atoms with Crippen molar-refractivity contribution in [3.05, 3.63) is 59.7 Å². The molecule has 0 aliphatic rings. The number of hydrogen-bond acceptors (Lipinski definition) is 2. The first kappa shape index (κ1) is 17.1. The number of carbonyl (C=O) groups excluding carboxylic acids is 1. The summed E-state index contributed by atoms with van der Waals surface area (Å²) in [6.45, 7) is 8.37. The van der Waals surface area contributed by atoms with Gasteiger partial charge in [-0.3, -0.25) is 4.79 Å². The lowest BCUT2D eigenvalue weighted by atomic mass is 10.1. The molecule has 2 aromatic rings. The molecule has 0 aliphatic carbocycles. The smallest absolute Gasteiger partial charge is 0.224 e. The highest BCUT2D eigenvalue weighted by molar-refractivity contribution is 5.91. The molecule has 0 bridgehead atoms. The number of anilines is 2. The summed E-state index contributed by atoms with van der Waals surface area (Å²) in [6.07, 6.45) is 1.27. The molecule has 0 aromatic heterocycles. The number of carbonyl (C=O) groups is 1. The van der Waals surface area contributed by atoms with Crippen molar-refractivity contribution in [3.8, 4) is 0 Å². The van der Waals surface area contributed by atoms with Crippen LogP contribution in [0.25, 0.3) is 0 Å². The maximum atomic E-state index is 12.1. The zero-order chi connectivity index (χ0) is 16.7. The van der Waals surface area contributed by atoms with Crippen LogP contribution in [0.5, 0.6) is 0 Å². The van der Waals surface area contributed by atoms with Crippen LogP contribution < -0.4 is 10.2 Å². The van der Waals surface area contributed by atoms with E-state index in [4.69, 9.17) is 0 Å². The first-order chi connectivity index (χ1) is 11.1. The van der Waals surface area contributed by atoms with Gasteiger partial charge in [0.25, 0.3) is 0 Å². The largest absolute Gasteiger partial charge is 0.372 e. The van der Waals surface area contributed by atoms with Crippen molar-refractivity contribution >= 4 is 17.3 Å². The normalized spacial score (nSPS) is 10.4. The zero-order valence-corrected chi connectivity index (χ0v) is 14.3. The maximum Gasteiger partial charge on any atom is 0.224 e. The van der Waals surface area contributed by atoms with Gasteiger partial charge in [-0.25, -0.2) is 0 Å². The second-order valence-corrected chi connectivity index (χ2v) is 5.71. The van der Waals surface area contributed by atoms with E-state index in [1.165, 1.54) is 16.8 Å². The van der Waals surface area contributed by atoms with Crippen LogP contribution >= 0.6 is 0 Å². The van der Waals surface area contributed by atoms with Gasteiger partial charge in [-0.15, -0.1) is 0 Å². The van der Waals surface area contributed by atoms with Crippen LogP contribution in [0.1, 0.15) is 31.4 Å². The summed E-state index contributed by atoms with van der Waals surface area (Å²) in [5, 5.41) is 3.00. The van der Waals surface area contributed by atoms with E-state index in [9.17, 15) is 4.79 Å². The van der Waals surface area contributed by atoms with Crippen LogP contribution in [-0.2, 0) is 11.2 Å². The molecule has 2 rings (SSSR count). The number of nitrogens with zero attached hydrogens (tertiary/aromatic N) is 1. The zero-order valence-electron chi connectivity index (χ0n) is 14.3. The fourth-order valence-corrected chi connectivity index (χ4v) is 2.78. The lowest BCUT2D eigenvalue weighted by Gasteiger charge is -2.23. The molecule has 0 fully saturated rings. The van der Waals surface area contributed by atoms with E-state index in [-0.39, 0.29) is 5.91 Å². The number of rotatable bonds is 7. The first-order valence-corrected chi connectivity index (χ1v) is 8.33. The minimum atomic E-state index is 0.0591. The van der Waals surface area contributed by atoms with Gasteiger partial charge in [0.15, 0.2) is 0 Å². The molecular weight excluding hydrogens is 284 g/mol. The second kappa shape index (κ2) is 8.37. The SMILES string of the molecule is CCN(CC)c1ccc(NC(=O)CCc2ccccc2)cc1C. The van der Waals surface area contributed by atoms with Gasteiger partial charge in [0, 0.05) is 30.9 Å².